The van der Waals surface area contributed by atoms with Crippen LogP contribution >= 0.6 is 0 Å². The Morgan fingerprint density at radius 1 is 0.696 bits per heavy atom. The molecule has 2 rings (SSSR count). The zero-order valence-corrected chi connectivity index (χ0v) is 11.9. The molecule has 0 aromatic carbocycles. The van der Waals surface area contributed by atoms with Gasteiger partial charge in [-0.3, -0.25) is 0 Å². The highest BCUT2D eigenvalue weighted by Gasteiger charge is 2.50. The van der Waals surface area contributed by atoms with Crippen LogP contribution in [0.25, 0.3) is 0 Å². The largest absolute Gasteiger partial charge is 0.394 e. The average molecular weight is 344 g/mol. The third-order valence-electron chi connectivity index (χ3n) is 3.92. The van der Waals surface area contributed by atoms with Crippen LogP contribution in [-0.2, 0) is 14.2 Å². The molecule has 0 aromatic heterocycles. The second-order valence-corrected chi connectivity index (χ2v) is 5.48. The van der Waals surface area contributed by atoms with Crippen LogP contribution in [0.1, 0.15) is 0 Å². The van der Waals surface area contributed by atoms with Crippen LogP contribution < -0.4 is 0 Å². The predicted octanol–water partition coefficient (Wildman–Crippen LogP) is -4.42. The Morgan fingerprint density at radius 2 is 1.17 bits per heavy atom. The van der Waals surface area contributed by atoms with E-state index < -0.39 is 74.7 Å². The second-order valence-electron chi connectivity index (χ2n) is 5.48. The first-order valence-electron chi connectivity index (χ1n) is 7.04. The molecule has 0 amide bonds. The first-order chi connectivity index (χ1) is 10.8. The lowest BCUT2D eigenvalue weighted by Gasteiger charge is -2.43. The molecule has 2 fully saturated rings. The van der Waals surface area contributed by atoms with Crippen molar-refractivity contribution in [3.05, 3.63) is 0 Å². The third-order valence-corrected chi connectivity index (χ3v) is 3.92. The molecule has 10 unspecified atom stereocenters. The van der Waals surface area contributed by atoms with Crippen molar-refractivity contribution in [1.29, 1.82) is 0 Å². The summed E-state index contributed by atoms with van der Waals surface area (Å²) in [5.74, 6) is 0. The lowest BCUT2D eigenvalue weighted by atomic mass is 9.98. The van der Waals surface area contributed by atoms with Gasteiger partial charge >= 0.3 is 0 Å². The van der Waals surface area contributed by atoms with Gasteiger partial charge < -0.3 is 50.0 Å². The summed E-state index contributed by atoms with van der Waals surface area (Å²) >= 11 is 0. The molecule has 0 bridgehead atoms. The number of hydrogen-bond acceptors (Lipinski definition) is 10. The van der Waals surface area contributed by atoms with Crippen molar-refractivity contribution in [3.63, 3.8) is 0 Å². The lowest BCUT2D eigenvalue weighted by Crippen LogP contribution is -2.63. The summed E-state index contributed by atoms with van der Waals surface area (Å²) in [5, 5.41) is 66.2. The highest BCUT2D eigenvalue weighted by atomic mass is 19.1. The van der Waals surface area contributed by atoms with Gasteiger partial charge in [0, 0.05) is 0 Å². The number of alkyl halides is 1. The predicted molar refractivity (Wildman–Crippen MR) is 67.5 cm³/mol. The van der Waals surface area contributed by atoms with Gasteiger partial charge in [-0.25, -0.2) is 4.39 Å². The van der Waals surface area contributed by atoms with Crippen molar-refractivity contribution in [2.75, 3.05) is 13.2 Å². The first kappa shape index (κ1) is 18.9. The Labute approximate surface area is 130 Å². The maximum Gasteiger partial charge on any atom is 0.195 e. The standard InChI is InChI=1S/C12H21FO10/c13-5-8(18)6(16)3(1-14)21-11(5)23-12-10(20)9(19)7(17)4(2-15)22-12/h3-12,14-20H,1-2H2. The van der Waals surface area contributed by atoms with Gasteiger partial charge in [-0.2, -0.15) is 0 Å². The SMILES string of the molecule is OCC1OC(OC2OC(CO)C(O)C(O)C2F)C(O)C(O)C1O. The van der Waals surface area contributed by atoms with E-state index in [2.05, 4.69) is 0 Å². The average Bonchev–Trinajstić information content (AvgIpc) is 2.55. The van der Waals surface area contributed by atoms with Crippen LogP contribution in [0.15, 0.2) is 0 Å². The summed E-state index contributed by atoms with van der Waals surface area (Å²) in [6, 6.07) is 0. The number of aliphatic hydroxyl groups excluding tert-OH is 7. The van der Waals surface area contributed by atoms with Crippen LogP contribution in [0.5, 0.6) is 0 Å². The molecule has 2 aliphatic rings. The number of aliphatic hydroxyl groups is 7. The van der Waals surface area contributed by atoms with Crippen molar-refractivity contribution >= 4 is 0 Å². The van der Waals surface area contributed by atoms with Crippen LogP contribution in [-0.4, -0.2) is 110 Å². The van der Waals surface area contributed by atoms with Crippen molar-refractivity contribution in [1.82, 2.24) is 0 Å². The van der Waals surface area contributed by atoms with Crippen LogP contribution in [0.4, 0.5) is 4.39 Å². The van der Waals surface area contributed by atoms with E-state index in [0.29, 0.717) is 0 Å². The topological polar surface area (TPSA) is 169 Å². The van der Waals surface area contributed by atoms with E-state index in [-0.39, 0.29) is 0 Å². The van der Waals surface area contributed by atoms with Gasteiger partial charge in [0.2, 0.25) is 0 Å². The summed E-state index contributed by atoms with van der Waals surface area (Å²) in [4.78, 5) is 0. The molecule has 2 aliphatic heterocycles. The molecule has 136 valence electrons. The molecule has 2 saturated heterocycles. The van der Waals surface area contributed by atoms with E-state index in [9.17, 15) is 29.9 Å². The summed E-state index contributed by atoms with van der Waals surface area (Å²) in [6.45, 7) is -1.42. The van der Waals surface area contributed by atoms with E-state index in [4.69, 9.17) is 24.4 Å². The fraction of sp³-hybridized carbons (Fsp3) is 1.00. The lowest BCUT2D eigenvalue weighted by molar-refractivity contribution is -0.370. The van der Waals surface area contributed by atoms with Crippen molar-refractivity contribution in [2.45, 2.75) is 61.5 Å². The number of halogens is 1. The fourth-order valence-electron chi connectivity index (χ4n) is 2.47. The normalized spacial score (nSPS) is 51.7. The summed E-state index contributed by atoms with van der Waals surface area (Å²) in [7, 11) is 0. The minimum atomic E-state index is -2.22. The Hall–Kier alpha value is -0.470. The number of rotatable bonds is 4. The molecular formula is C12H21FO10. The fourth-order valence-corrected chi connectivity index (χ4v) is 2.47. The molecule has 0 radical (unpaired) electrons. The molecule has 7 N–H and O–H groups in total. The van der Waals surface area contributed by atoms with E-state index in [0.717, 1.165) is 0 Å². The smallest absolute Gasteiger partial charge is 0.195 e. The van der Waals surface area contributed by atoms with Crippen LogP contribution in [0.3, 0.4) is 0 Å². The molecule has 10 atom stereocenters. The quantitative estimate of drug-likeness (QED) is 0.264. The first-order valence-corrected chi connectivity index (χ1v) is 7.04. The zero-order chi connectivity index (χ0) is 17.3. The Balaban J connectivity index is 2.07. The molecule has 11 heteroatoms. The van der Waals surface area contributed by atoms with Crippen molar-refractivity contribution in [3.8, 4) is 0 Å². The van der Waals surface area contributed by atoms with E-state index in [1.54, 1.807) is 0 Å². The van der Waals surface area contributed by atoms with Crippen LogP contribution in [0, 0.1) is 0 Å². The molecular weight excluding hydrogens is 323 g/mol. The van der Waals surface area contributed by atoms with Gasteiger partial charge in [-0.05, 0) is 0 Å². The Bertz CT molecular complexity index is 349. The molecule has 0 aliphatic carbocycles. The monoisotopic (exact) mass is 344 g/mol. The van der Waals surface area contributed by atoms with Crippen LogP contribution in [0.2, 0.25) is 0 Å². The Morgan fingerprint density at radius 3 is 1.70 bits per heavy atom. The molecule has 0 spiro atoms. The Kier molecular flexibility index (Phi) is 6.24. The second kappa shape index (κ2) is 7.61. The molecule has 10 nitrogen and oxygen atoms in total. The zero-order valence-electron chi connectivity index (χ0n) is 11.9. The van der Waals surface area contributed by atoms with Gasteiger partial charge in [0.25, 0.3) is 0 Å². The molecule has 23 heavy (non-hydrogen) atoms. The highest BCUT2D eigenvalue weighted by molar-refractivity contribution is 4.92. The van der Waals surface area contributed by atoms with Gasteiger partial charge in [0.1, 0.15) is 42.7 Å². The summed E-state index contributed by atoms with van der Waals surface area (Å²) in [5.41, 5.74) is 0. The highest BCUT2D eigenvalue weighted by Crippen LogP contribution is 2.29. The number of ether oxygens (including phenoxy) is 3. The molecule has 0 aromatic rings. The maximum absolute atomic E-state index is 14.0. The number of hydrogen-bond donors (Lipinski definition) is 7. The summed E-state index contributed by atoms with van der Waals surface area (Å²) in [6.07, 6.45) is -17.0. The van der Waals surface area contributed by atoms with Gasteiger partial charge in [0.05, 0.1) is 13.2 Å². The molecule has 0 saturated carbocycles. The van der Waals surface area contributed by atoms with E-state index in [1.807, 2.05) is 0 Å². The maximum atomic E-state index is 14.0. The van der Waals surface area contributed by atoms with Gasteiger partial charge in [-0.15, -0.1) is 0 Å². The third kappa shape index (κ3) is 3.64. The summed E-state index contributed by atoms with van der Waals surface area (Å²) < 4.78 is 29.0. The van der Waals surface area contributed by atoms with Crippen molar-refractivity contribution in [2.24, 2.45) is 0 Å². The molecule has 2 heterocycles. The van der Waals surface area contributed by atoms with Gasteiger partial charge in [0.15, 0.2) is 18.8 Å². The minimum Gasteiger partial charge on any atom is -0.394 e. The van der Waals surface area contributed by atoms with Crippen molar-refractivity contribution < 1.29 is 54.3 Å². The van der Waals surface area contributed by atoms with E-state index in [1.165, 1.54) is 0 Å². The van der Waals surface area contributed by atoms with E-state index >= 15 is 0 Å². The minimum absolute atomic E-state index is 0.698. The van der Waals surface area contributed by atoms with Gasteiger partial charge in [-0.1, -0.05) is 0 Å².